The number of amidine groups is 1. The number of imidazole rings is 1. The van der Waals surface area contributed by atoms with Crippen LogP contribution in [0.25, 0.3) is 0 Å². The van der Waals surface area contributed by atoms with E-state index in [9.17, 15) is 24.5 Å². The summed E-state index contributed by atoms with van der Waals surface area (Å²) in [6, 6.07) is 3.76. The zero-order valence-corrected chi connectivity index (χ0v) is 19.8. The van der Waals surface area contributed by atoms with Gasteiger partial charge in [-0.15, -0.1) is 0 Å². The summed E-state index contributed by atoms with van der Waals surface area (Å²) < 4.78 is 32.6. The first kappa shape index (κ1) is 24.8. The van der Waals surface area contributed by atoms with Gasteiger partial charge in [-0.2, -0.15) is 4.99 Å². The van der Waals surface area contributed by atoms with Gasteiger partial charge in [-0.3, -0.25) is 19.1 Å². The Kier molecular flexibility index (Phi) is 6.44. The molecule has 0 radical (unpaired) electrons. The number of nitrogens with zero attached hydrogens (tertiary/aromatic N) is 6. The normalized spacial score (nSPS) is 22.3. The number of nitrogens with one attached hydrogen (secondary N) is 1. The number of rotatable bonds is 6. The van der Waals surface area contributed by atoms with Crippen LogP contribution >= 0.6 is 0 Å². The van der Waals surface area contributed by atoms with E-state index in [0.717, 1.165) is 6.07 Å². The molecule has 15 nitrogen and oxygen atoms in total. The minimum Gasteiger partial charge on any atom is -0.455 e. The number of halogens is 1. The summed E-state index contributed by atoms with van der Waals surface area (Å²) in [5, 5.41) is 13.4. The quantitative estimate of drug-likeness (QED) is 0.420. The van der Waals surface area contributed by atoms with Gasteiger partial charge in [-0.05, 0) is 17.1 Å². The number of hydrogen-bond acceptors (Lipinski definition) is 10. The number of aromatic nitrogens is 2. The Balaban J connectivity index is 1.22. The number of hydrogen-bond donors (Lipinski definition) is 1. The highest BCUT2D eigenvalue weighted by Crippen LogP contribution is 2.29. The van der Waals surface area contributed by atoms with Crippen molar-refractivity contribution in [3.05, 3.63) is 45.9 Å². The number of aliphatic imine (C=N–C) groups is 2. The molecule has 0 saturated carbocycles. The molecule has 1 aromatic heterocycles. The third kappa shape index (κ3) is 5.00. The molecule has 3 amide bonds. The molecule has 3 atom stereocenters. The molecule has 1 aromatic carbocycles. The second-order valence-corrected chi connectivity index (χ2v) is 8.59. The highest BCUT2D eigenvalue weighted by atomic mass is 19.1. The summed E-state index contributed by atoms with van der Waals surface area (Å²) in [4.78, 5) is 59.0. The molecule has 0 aliphatic carbocycles. The van der Waals surface area contributed by atoms with E-state index in [4.69, 9.17) is 14.2 Å². The Bertz CT molecular complexity index is 1390. The Morgan fingerprint density at radius 1 is 1.34 bits per heavy atom. The van der Waals surface area contributed by atoms with Gasteiger partial charge < -0.3 is 29.6 Å². The van der Waals surface area contributed by atoms with E-state index in [-0.39, 0.29) is 61.2 Å². The number of anilines is 1. The van der Waals surface area contributed by atoms with E-state index < -0.39 is 40.9 Å². The molecule has 16 heteroatoms. The fraction of sp³-hybridized carbons (Fsp3) is 0.364. The van der Waals surface area contributed by atoms with Crippen molar-refractivity contribution in [2.45, 2.75) is 31.6 Å². The van der Waals surface area contributed by atoms with E-state index in [1.807, 2.05) is 0 Å². The van der Waals surface area contributed by atoms with Crippen molar-refractivity contribution in [3.63, 3.8) is 0 Å². The van der Waals surface area contributed by atoms with Crippen molar-refractivity contribution in [1.29, 1.82) is 0 Å². The number of carbonyl (C=O) groups excluding carboxylic acids is 3. The van der Waals surface area contributed by atoms with Crippen molar-refractivity contribution in [2.75, 3.05) is 24.6 Å². The number of carbonyl (C=O) groups is 3. The summed E-state index contributed by atoms with van der Waals surface area (Å²) in [5.74, 6) is -3.21. The third-order valence-corrected chi connectivity index (χ3v) is 5.87. The van der Waals surface area contributed by atoms with Crippen molar-refractivity contribution in [2.24, 2.45) is 9.98 Å². The van der Waals surface area contributed by atoms with E-state index in [1.54, 1.807) is 0 Å². The summed E-state index contributed by atoms with van der Waals surface area (Å²) in [7, 11) is 0. The van der Waals surface area contributed by atoms with Crippen LogP contribution in [0.4, 0.5) is 20.7 Å². The molecule has 38 heavy (non-hydrogen) atoms. The molecule has 0 bridgehead atoms. The van der Waals surface area contributed by atoms with E-state index in [2.05, 4.69) is 20.3 Å². The smallest absolute Gasteiger partial charge is 0.414 e. The predicted octanol–water partition coefficient (Wildman–Crippen LogP) is 0.920. The molecule has 198 valence electrons. The first-order valence-electron chi connectivity index (χ1n) is 11.4. The van der Waals surface area contributed by atoms with Gasteiger partial charge in [0.2, 0.25) is 5.91 Å². The van der Waals surface area contributed by atoms with E-state index >= 15 is 4.39 Å². The Hall–Kier alpha value is -4.89. The number of benzene rings is 1. The molecular formula is C22H20FN7O8. The second-order valence-electron chi connectivity index (χ2n) is 8.59. The van der Waals surface area contributed by atoms with Crippen LogP contribution < -0.4 is 15.0 Å². The molecule has 0 spiro atoms. The van der Waals surface area contributed by atoms with Crippen LogP contribution in [0.3, 0.4) is 0 Å². The number of ether oxygens (including phenoxy) is 3. The SMILES string of the molecule is CC(=O)NC[C@H]1CN(c2ccc(C3C=NC(O[C@@H]4COc5nc([N+](=O)[O-])cn5C4)=NC3=O)c(F)c2)C(=O)O1. The first-order valence-corrected chi connectivity index (χ1v) is 11.4. The highest BCUT2D eigenvalue weighted by molar-refractivity contribution is 6.10. The molecule has 2 aromatic rings. The standard InChI is InChI=1S/C22H20FN7O8/c1-11(31)24-5-13-8-29(22(33)38-13)12-2-3-15(17(23)4-12)16-6-25-20(27-19(16)32)37-14-7-28-9-18(30(34)35)26-21(28)36-10-14/h2-4,6,9,13-14,16H,5,7-8,10H2,1H3,(H,24,31)/t13-,14-,16?/m0/s1. The third-order valence-electron chi connectivity index (χ3n) is 5.87. The van der Waals surface area contributed by atoms with Crippen LogP contribution in [0.1, 0.15) is 18.4 Å². The average molecular weight is 529 g/mol. The lowest BCUT2D eigenvalue weighted by molar-refractivity contribution is -0.389. The van der Waals surface area contributed by atoms with Crippen LogP contribution in [0.2, 0.25) is 0 Å². The van der Waals surface area contributed by atoms with Gasteiger partial charge in [0.1, 0.15) is 30.6 Å². The first-order chi connectivity index (χ1) is 18.2. The van der Waals surface area contributed by atoms with Gasteiger partial charge in [-0.1, -0.05) is 6.07 Å². The average Bonchev–Trinajstić information content (AvgIpc) is 3.46. The summed E-state index contributed by atoms with van der Waals surface area (Å²) in [6.07, 6.45) is 0.489. The maximum Gasteiger partial charge on any atom is 0.414 e. The van der Waals surface area contributed by atoms with Crippen LogP contribution in [0.15, 0.2) is 34.4 Å². The Morgan fingerprint density at radius 2 is 2.16 bits per heavy atom. The molecule has 1 saturated heterocycles. The molecule has 1 unspecified atom stereocenters. The summed E-state index contributed by atoms with van der Waals surface area (Å²) in [5.41, 5.74) is 0.231. The molecule has 1 N–H and O–H groups in total. The molecule has 1 fully saturated rings. The Morgan fingerprint density at radius 3 is 2.87 bits per heavy atom. The predicted molar refractivity (Wildman–Crippen MR) is 126 cm³/mol. The van der Waals surface area contributed by atoms with Crippen LogP contribution in [0.5, 0.6) is 6.01 Å². The van der Waals surface area contributed by atoms with Crippen LogP contribution in [-0.4, -0.2) is 76.5 Å². The van der Waals surface area contributed by atoms with Crippen LogP contribution in [0, 0.1) is 15.9 Å². The number of cyclic esters (lactones) is 1. The van der Waals surface area contributed by atoms with Crippen LogP contribution in [-0.2, 0) is 25.6 Å². The molecule has 5 rings (SSSR count). The summed E-state index contributed by atoms with van der Waals surface area (Å²) >= 11 is 0. The van der Waals surface area contributed by atoms with E-state index in [0.29, 0.717) is 0 Å². The fourth-order valence-electron chi connectivity index (χ4n) is 4.08. The molecule has 4 heterocycles. The zero-order valence-electron chi connectivity index (χ0n) is 19.8. The minimum absolute atomic E-state index is 0.00101. The zero-order chi connectivity index (χ0) is 27.0. The molecule has 3 aliphatic heterocycles. The number of fused-ring (bicyclic) bond motifs is 1. The molecule has 3 aliphatic rings. The van der Waals surface area contributed by atoms with Gasteiger partial charge in [0, 0.05) is 23.7 Å². The van der Waals surface area contributed by atoms with Crippen molar-refractivity contribution >= 4 is 41.6 Å². The topological polar surface area (TPSA) is 180 Å². The lowest BCUT2D eigenvalue weighted by Crippen LogP contribution is -2.35. The van der Waals surface area contributed by atoms with Crippen molar-refractivity contribution in [1.82, 2.24) is 14.9 Å². The fourth-order valence-corrected chi connectivity index (χ4v) is 4.08. The highest BCUT2D eigenvalue weighted by Gasteiger charge is 2.34. The molecular weight excluding hydrogens is 509 g/mol. The van der Waals surface area contributed by atoms with Gasteiger partial charge in [-0.25, -0.2) is 14.2 Å². The second kappa shape index (κ2) is 9.87. The Labute approximate surface area is 213 Å². The van der Waals surface area contributed by atoms with Gasteiger partial charge >= 0.3 is 23.9 Å². The number of nitro groups is 1. The van der Waals surface area contributed by atoms with Gasteiger partial charge in [0.15, 0.2) is 6.10 Å². The largest absolute Gasteiger partial charge is 0.455 e. The lowest BCUT2D eigenvalue weighted by atomic mass is 9.98. The minimum atomic E-state index is -1.11. The van der Waals surface area contributed by atoms with E-state index in [1.165, 1.54) is 40.9 Å². The monoisotopic (exact) mass is 529 g/mol. The summed E-state index contributed by atoms with van der Waals surface area (Å²) in [6.45, 7) is 1.74. The van der Waals surface area contributed by atoms with Crippen molar-refractivity contribution < 1.29 is 37.9 Å². The van der Waals surface area contributed by atoms with Crippen molar-refractivity contribution in [3.8, 4) is 6.01 Å². The lowest BCUT2D eigenvalue weighted by Gasteiger charge is -2.23. The van der Waals surface area contributed by atoms with Gasteiger partial charge in [0.25, 0.3) is 5.91 Å². The maximum absolute atomic E-state index is 15.0. The number of amides is 3. The van der Waals surface area contributed by atoms with Gasteiger partial charge in [0.05, 0.1) is 25.3 Å². The maximum atomic E-state index is 15.0.